The van der Waals surface area contributed by atoms with E-state index in [9.17, 15) is 19.2 Å². The summed E-state index contributed by atoms with van der Waals surface area (Å²) >= 11 is 0. The Hall–Kier alpha value is -3.02. The number of aromatic nitrogens is 2. The minimum Gasteiger partial charge on any atom is -0.274 e. The summed E-state index contributed by atoms with van der Waals surface area (Å²) in [6.07, 6.45) is 1.38. The van der Waals surface area contributed by atoms with Gasteiger partial charge in [0.15, 0.2) is 0 Å². The maximum Gasteiger partial charge on any atom is 0.261 e. The molecule has 6 heteroatoms. The second-order valence-electron chi connectivity index (χ2n) is 6.67. The molecular formula is C20H18N2O4. The van der Waals surface area contributed by atoms with E-state index in [1.165, 1.54) is 9.13 Å². The molecule has 2 aromatic heterocycles. The third-order valence-electron chi connectivity index (χ3n) is 4.91. The van der Waals surface area contributed by atoms with Crippen molar-refractivity contribution >= 4 is 32.3 Å². The normalized spacial score (nSPS) is 11.9. The van der Waals surface area contributed by atoms with Crippen LogP contribution in [0.25, 0.3) is 32.3 Å². The van der Waals surface area contributed by atoms with Crippen molar-refractivity contribution in [2.45, 2.75) is 39.8 Å². The predicted molar refractivity (Wildman–Crippen MR) is 103 cm³/mol. The standard InChI is InChI=1S/C20H18N2O4/c1-3-5-21-17(23)13-7-11-9-15-16(10-12(11)8-14(13)18(21)24)20(26)22(6-4-2)19(15)25/h7-10H,3-6H2,1-2H3. The molecule has 4 aromatic rings. The Balaban J connectivity index is 2.12. The second-order valence-corrected chi connectivity index (χ2v) is 6.67. The Morgan fingerprint density at radius 1 is 0.577 bits per heavy atom. The van der Waals surface area contributed by atoms with Gasteiger partial charge in [0.1, 0.15) is 0 Å². The molecule has 6 nitrogen and oxygen atoms in total. The van der Waals surface area contributed by atoms with Gasteiger partial charge in [-0.2, -0.15) is 0 Å². The molecule has 0 aliphatic heterocycles. The molecule has 0 aliphatic carbocycles. The summed E-state index contributed by atoms with van der Waals surface area (Å²) in [5.74, 6) is 0. The van der Waals surface area contributed by atoms with E-state index in [4.69, 9.17) is 0 Å². The van der Waals surface area contributed by atoms with Crippen LogP contribution in [0.15, 0.2) is 43.4 Å². The lowest BCUT2D eigenvalue weighted by atomic mass is 10.0. The molecule has 132 valence electrons. The Morgan fingerprint density at radius 2 is 0.846 bits per heavy atom. The van der Waals surface area contributed by atoms with Crippen LogP contribution in [0.1, 0.15) is 26.7 Å². The Morgan fingerprint density at radius 3 is 1.08 bits per heavy atom. The maximum absolute atomic E-state index is 12.5. The zero-order valence-electron chi connectivity index (χ0n) is 14.7. The van der Waals surface area contributed by atoms with Crippen LogP contribution in [0.2, 0.25) is 0 Å². The van der Waals surface area contributed by atoms with Gasteiger partial charge in [0.05, 0.1) is 21.5 Å². The van der Waals surface area contributed by atoms with E-state index in [0.717, 1.165) is 0 Å². The van der Waals surface area contributed by atoms with Gasteiger partial charge in [-0.05, 0) is 47.9 Å². The fourth-order valence-corrected chi connectivity index (χ4v) is 3.68. The van der Waals surface area contributed by atoms with Crippen molar-refractivity contribution < 1.29 is 0 Å². The molecule has 0 spiro atoms. The Kier molecular flexibility index (Phi) is 3.64. The summed E-state index contributed by atoms with van der Waals surface area (Å²) in [6.45, 7) is 4.57. The minimum absolute atomic E-state index is 0.302. The van der Waals surface area contributed by atoms with Crippen molar-refractivity contribution in [1.82, 2.24) is 9.13 Å². The number of nitrogens with zero attached hydrogens (tertiary/aromatic N) is 2. The number of benzene rings is 2. The predicted octanol–water partition coefficient (Wildman–Crippen LogP) is 1.89. The minimum atomic E-state index is -0.302. The van der Waals surface area contributed by atoms with Crippen LogP contribution < -0.4 is 22.2 Å². The number of hydrogen-bond acceptors (Lipinski definition) is 4. The van der Waals surface area contributed by atoms with E-state index >= 15 is 0 Å². The first-order valence-electron chi connectivity index (χ1n) is 8.82. The summed E-state index contributed by atoms with van der Waals surface area (Å²) in [5.41, 5.74) is -1.21. The van der Waals surface area contributed by atoms with Crippen LogP contribution in [-0.4, -0.2) is 9.13 Å². The van der Waals surface area contributed by atoms with E-state index in [2.05, 4.69) is 0 Å². The van der Waals surface area contributed by atoms with E-state index in [1.807, 2.05) is 13.8 Å². The van der Waals surface area contributed by atoms with Crippen LogP contribution >= 0.6 is 0 Å². The molecule has 2 aromatic carbocycles. The number of rotatable bonds is 4. The quantitative estimate of drug-likeness (QED) is 0.563. The first-order chi connectivity index (χ1) is 12.5. The smallest absolute Gasteiger partial charge is 0.261 e. The molecule has 0 amide bonds. The van der Waals surface area contributed by atoms with Crippen LogP contribution in [0.5, 0.6) is 0 Å². The molecule has 0 aliphatic rings. The molecular weight excluding hydrogens is 332 g/mol. The van der Waals surface area contributed by atoms with E-state index < -0.39 is 0 Å². The van der Waals surface area contributed by atoms with Crippen molar-refractivity contribution in [1.29, 1.82) is 0 Å². The fraction of sp³-hybridized carbons (Fsp3) is 0.300. The highest BCUT2D eigenvalue weighted by molar-refractivity contribution is 6.04. The highest BCUT2D eigenvalue weighted by Crippen LogP contribution is 2.23. The summed E-state index contributed by atoms with van der Waals surface area (Å²) in [4.78, 5) is 50.0. The fourth-order valence-electron chi connectivity index (χ4n) is 3.68. The van der Waals surface area contributed by atoms with Gasteiger partial charge in [0, 0.05) is 13.1 Å². The largest absolute Gasteiger partial charge is 0.274 e. The van der Waals surface area contributed by atoms with Gasteiger partial charge in [-0.25, -0.2) is 0 Å². The molecule has 0 fully saturated rings. The third-order valence-corrected chi connectivity index (χ3v) is 4.91. The zero-order chi connectivity index (χ0) is 18.6. The maximum atomic E-state index is 12.5. The van der Waals surface area contributed by atoms with Crippen molar-refractivity contribution in [2.75, 3.05) is 0 Å². The summed E-state index contributed by atoms with van der Waals surface area (Å²) in [7, 11) is 0. The molecule has 0 saturated carbocycles. The molecule has 2 heterocycles. The highest BCUT2D eigenvalue weighted by atomic mass is 16.2. The van der Waals surface area contributed by atoms with Crippen molar-refractivity contribution in [3.63, 3.8) is 0 Å². The lowest BCUT2D eigenvalue weighted by Crippen LogP contribution is -2.25. The first kappa shape index (κ1) is 16.4. The summed E-state index contributed by atoms with van der Waals surface area (Å²) < 4.78 is 2.49. The lowest BCUT2D eigenvalue weighted by Gasteiger charge is -1.97. The third kappa shape index (κ3) is 2.11. The van der Waals surface area contributed by atoms with Crippen molar-refractivity contribution in [3.05, 3.63) is 65.7 Å². The highest BCUT2D eigenvalue weighted by Gasteiger charge is 2.16. The monoisotopic (exact) mass is 350 g/mol. The van der Waals surface area contributed by atoms with Crippen LogP contribution in [-0.2, 0) is 13.1 Å². The number of hydrogen-bond donors (Lipinski definition) is 0. The first-order valence-corrected chi connectivity index (χ1v) is 8.82. The molecule has 0 bridgehead atoms. The molecule has 0 unspecified atom stereocenters. The van der Waals surface area contributed by atoms with Gasteiger partial charge in [0.2, 0.25) is 0 Å². The lowest BCUT2D eigenvalue weighted by molar-refractivity contribution is 0.650. The Labute approximate surface area is 147 Å². The SMILES string of the molecule is CCCn1c(=O)c2cc3cc4c(=O)n(CCC)c(=O)c4cc3cc2c1=O. The van der Waals surface area contributed by atoms with Crippen LogP contribution in [0, 0.1) is 0 Å². The molecule has 0 radical (unpaired) electrons. The van der Waals surface area contributed by atoms with Gasteiger partial charge in [-0.15, -0.1) is 0 Å². The van der Waals surface area contributed by atoms with Gasteiger partial charge in [0.25, 0.3) is 22.2 Å². The molecule has 0 saturated heterocycles. The van der Waals surface area contributed by atoms with Gasteiger partial charge < -0.3 is 0 Å². The Bertz CT molecular complexity index is 1180. The average molecular weight is 350 g/mol. The topological polar surface area (TPSA) is 78.1 Å². The van der Waals surface area contributed by atoms with Gasteiger partial charge in [-0.3, -0.25) is 28.3 Å². The molecule has 26 heavy (non-hydrogen) atoms. The van der Waals surface area contributed by atoms with Crippen LogP contribution in [0.4, 0.5) is 0 Å². The number of fused-ring (bicyclic) bond motifs is 3. The zero-order valence-corrected chi connectivity index (χ0v) is 14.7. The second kappa shape index (κ2) is 5.76. The van der Waals surface area contributed by atoms with Crippen molar-refractivity contribution in [2.24, 2.45) is 0 Å². The van der Waals surface area contributed by atoms with Crippen LogP contribution in [0.3, 0.4) is 0 Å². The summed E-state index contributed by atoms with van der Waals surface area (Å²) in [6, 6.07) is 6.62. The van der Waals surface area contributed by atoms with E-state index in [-0.39, 0.29) is 22.2 Å². The van der Waals surface area contributed by atoms with E-state index in [0.29, 0.717) is 58.2 Å². The van der Waals surface area contributed by atoms with Gasteiger partial charge >= 0.3 is 0 Å². The summed E-state index contributed by atoms with van der Waals surface area (Å²) in [5, 5.41) is 2.80. The molecule has 0 N–H and O–H groups in total. The van der Waals surface area contributed by atoms with E-state index in [1.54, 1.807) is 24.3 Å². The van der Waals surface area contributed by atoms with Crippen molar-refractivity contribution in [3.8, 4) is 0 Å². The molecule has 0 atom stereocenters. The molecule has 4 rings (SSSR count). The average Bonchev–Trinajstić information content (AvgIpc) is 3.00. The van der Waals surface area contributed by atoms with Gasteiger partial charge in [-0.1, -0.05) is 13.8 Å².